The van der Waals surface area contributed by atoms with Gasteiger partial charge in [0.05, 0.1) is 0 Å². The Morgan fingerprint density at radius 3 is 3.06 bits per heavy atom. The highest BCUT2D eigenvalue weighted by Gasteiger charge is 2.15. The van der Waals surface area contributed by atoms with Crippen LogP contribution in [-0.4, -0.2) is 19.1 Å². The number of rotatable bonds is 3. The van der Waals surface area contributed by atoms with Crippen LogP contribution in [0.5, 0.6) is 0 Å². The fraction of sp³-hybridized carbons (Fsp3) is 0.571. The maximum absolute atomic E-state index is 13.1. The molecule has 17 heavy (non-hydrogen) atoms. The van der Waals surface area contributed by atoms with Gasteiger partial charge >= 0.3 is 0 Å². The van der Waals surface area contributed by atoms with Gasteiger partial charge in [-0.15, -0.1) is 0 Å². The van der Waals surface area contributed by atoms with Crippen molar-refractivity contribution in [3.8, 4) is 0 Å². The predicted octanol–water partition coefficient (Wildman–Crippen LogP) is 2.62. The molecule has 1 aromatic rings. The van der Waals surface area contributed by atoms with Crippen molar-refractivity contribution < 1.29 is 4.39 Å². The summed E-state index contributed by atoms with van der Waals surface area (Å²) in [5.41, 5.74) is 1.03. The van der Waals surface area contributed by atoms with Crippen LogP contribution in [0.2, 0.25) is 0 Å². The zero-order chi connectivity index (χ0) is 12.1. The van der Waals surface area contributed by atoms with Crippen LogP contribution in [0, 0.1) is 5.82 Å². The van der Waals surface area contributed by atoms with E-state index in [0.717, 1.165) is 25.1 Å². The molecule has 2 rings (SSSR count). The van der Waals surface area contributed by atoms with Gasteiger partial charge in [0.25, 0.3) is 0 Å². The first-order chi connectivity index (χ1) is 8.25. The van der Waals surface area contributed by atoms with Crippen molar-refractivity contribution in [2.45, 2.75) is 38.3 Å². The molecule has 2 atom stereocenters. The van der Waals surface area contributed by atoms with Gasteiger partial charge in [-0.3, -0.25) is 0 Å². The molecular weight excluding hydrogens is 215 g/mol. The molecule has 1 heterocycles. The van der Waals surface area contributed by atoms with E-state index in [4.69, 9.17) is 0 Å². The molecule has 0 spiro atoms. The highest BCUT2D eigenvalue weighted by Crippen LogP contribution is 2.16. The summed E-state index contributed by atoms with van der Waals surface area (Å²) in [6.45, 7) is 4.30. The van der Waals surface area contributed by atoms with Gasteiger partial charge < -0.3 is 10.6 Å². The second-order valence-corrected chi connectivity index (χ2v) is 4.82. The minimum Gasteiger partial charge on any atom is -0.317 e. The summed E-state index contributed by atoms with van der Waals surface area (Å²) in [5, 5.41) is 6.99. The lowest BCUT2D eigenvalue weighted by molar-refractivity contribution is 0.420. The van der Waals surface area contributed by atoms with Crippen molar-refractivity contribution in [3.63, 3.8) is 0 Å². The molecule has 1 aromatic carbocycles. The largest absolute Gasteiger partial charge is 0.317 e. The van der Waals surface area contributed by atoms with Gasteiger partial charge in [-0.2, -0.15) is 0 Å². The van der Waals surface area contributed by atoms with E-state index in [1.54, 1.807) is 12.1 Å². The summed E-state index contributed by atoms with van der Waals surface area (Å²) in [5.74, 6) is -0.154. The Kier molecular flexibility index (Phi) is 4.51. The molecule has 0 radical (unpaired) electrons. The van der Waals surface area contributed by atoms with Gasteiger partial charge in [-0.1, -0.05) is 12.1 Å². The summed E-state index contributed by atoms with van der Waals surface area (Å²) >= 11 is 0. The second kappa shape index (κ2) is 6.12. The molecule has 2 N–H and O–H groups in total. The lowest BCUT2D eigenvalue weighted by Gasteiger charge is -2.22. The second-order valence-electron chi connectivity index (χ2n) is 4.82. The average Bonchev–Trinajstić information content (AvgIpc) is 2.57. The molecule has 1 aliphatic heterocycles. The van der Waals surface area contributed by atoms with Gasteiger partial charge in [0.15, 0.2) is 0 Å². The minimum absolute atomic E-state index is 0.154. The summed E-state index contributed by atoms with van der Waals surface area (Å²) < 4.78 is 13.1. The first-order valence-electron chi connectivity index (χ1n) is 6.48. The van der Waals surface area contributed by atoms with Crippen molar-refractivity contribution in [3.05, 3.63) is 35.6 Å². The minimum atomic E-state index is -0.154. The molecule has 94 valence electrons. The Morgan fingerprint density at radius 1 is 1.35 bits per heavy atom. The van der Waals surface area contributed by atoms with Gasteiger partial charge in [0.1, 0.15) is 5.82 Å². The van der Waals surface area contributed by atoms with Gasteiger partial charge in [0, 0.05) is 12.1 Å². The molecule has 1 fully saturated rings. The SMILES string of the molecule is C[C@@H](NC1CCCNCC1)c1cccc(F)c1. The summed E-state index contributed by atoms with van der Waals surface area (Å²) in [6, 6.07) is 7.63. The Morgan fingerprint density at radius 2 is 2.24 bits per heavy atom. The highest BCUT2D eigenvalue weighted by atomic mass is 19.1. The Bertz CT molecular complexity index is 346. The smallest absolute Gasteiger partial charge is 0.123 e. The Hall–Kier alpha value is -0.930. The predicted molar refractivity (Wildman–Crippen MR) is 68.5 cm³/mol. The fourth-order valence-corrected chi connectivity index (χ4v) is 2.41. The van der Waals surface area contributed by atoms with Crippen molar-refractivity contribution >= 4 is 0 Å². The van der Waals surface area contributed by atoms with Crippen LogP contribution >= 0.6 is 0 Å². The molecule has 0 aromatic heterocycles. The van der Waals surface area contributed by atoms with E-state index in [9.17, 15) is 4.39 Å². The Balaban J connectivity index is 1.93. The van der Waals surface area contributed by atoms with Crippen molar-refractivity contribution in [2.24, 2.45) is 0 Å². The summed E-state index contributed by atoms with van der Waals surface area (Å²) in [7, 11) is 0. The maximum Gasteiger partial charge on any atom is 0.123 e. The standard InChI is InChI=1S/C14H21FN2/c1-11(12-4-2-5-13(15)10-12)17-14-6-3-8-16-9-7-14/h2,4-5,10-11,14,16-17H,3,6-9H2,1H3/t11-,14?/m1/s1. The van der Waals surface area contributed by atoms with Crippen LogP contribution in [0.25, 0.3) is 0 Å². The summed E-state index contributed by atoms with van der Waals surface area (Å²) in [4.78, 5) is 0. The van der Waals surface area contributed by atoms with Crippen LogP contribution in [0.15, 0.2) is 24.3 Å². The topological polar surface area (TPSA) is 24.1 Å². The van der Waals surface area contributed by atoms with Gasteiger partial charge in [-0.25, -0.2) is 4.39 Å². The normalized spacial score (nSPS) is 23.1. The average molecular weight is 236 g/mol. The van der Waals surface area contributed by atoms with E-state index < -0.39 is 0 Å². The van der Waals surface area contributed by atoms with Crippen LogP contribution in [-0.2, 0) is 0 Å². The maximum atomic E-state index is 13.1. The molecule has 0 amide bonds. The zero-order valence-corrected chi connectivity index (χ0v) is 10.4. The number of nitrogens with one attached hydrogen (secondary N) is 2. The molecule has 1 aliphatic rings. The van der Waals surface area contributed by atoms with Crippen LogP contribution in [0.3, 0.4) is 0 Å². The van der Waals surface area contributed by atoms with Crippen molar-refractivity contribution in [1.82, 2.24) is 10.6 Å². The third kappa shape index (κ3) is 3.79. The molecule has 2 nitrogen and oxygen atoms in total. The zero-order valence-electron chi connectivity index (χ0n) is 10.4. The molecule has 0 saturated carbocycles. The quantitative estimate of drug-likeness (QED) is 0.843. The third-order valence-electron chi connectivity index (χ3n) is 3.41. The number of halogens is 1. The summed E-state index contributed by atoms with van der Waals surface area (Å²) in [6.07, 6.45) is 3.57. The van der Waals surface area contributed by atoms with E-state index in [2.05, 4.69) is 17.6 Å². The molecule has 1 saturated heterocycles. The lowest BCUT2D eigenvalue weighted by atomic mass is 10.0. The first kappa shape index (κ1) is 12.5. The monoisotopic (exact) mass is 236 g/mol. The number of benzene rings is 1. The molecule has 0 bridgehead atoms. The van der Waals surface area contributed by atoms with Crippen LogP contribution in [0.1, 0.15) is 37.8 Å². The Labute approximate surface area is 103 Å². The lowest BCUT2D eigenvalue weighted by Crippen LogP contribution is -2.32. The molecular formula is C14H21FN2. The first-order valence-corrected chi connectivity index (χ1v) is 6.48. The van der Waals surface area contributed by atoms with E-state index in [1.807, 2.05) is 6.07 Å². The fourth-order valence-electron chi connectivity index (χ4n) is 2.41. The third-order valence-corrected chi connectivity index (χ3v) is 3.41. The highest BCUT2D eigenvalue weighted by molar-refractivity contribution is 5.19. The van der Waals surface area contributed by atoms with E-state index in [0.29, 0.717) is 6.04 Å². The van der Waals surface area contributed by atoms with Crippen LogP contribution in [0.4, 0.5) is 4.39 Å². The van der Waals surface area contributed by atoms with E-state index in [-0.39, 0.29) is 11.9 Å². The van der Waals surface area contributed by atoms with Crippen molar-refractivity contribution in [2.75, 3.05) is 13.1 Å². The number of hydrogen-bond donors (Lipinski definition) is 2. The number of hydrogen-bond acceptors (Lipinski definition) is 2. The molecule has 0 aliphatic carbocycles. The molecule has 3 heteroatoms. The van der Waals surface area contributed by atoms with E-state index in [1.165, 1.54) is 18.9 Å². The van der Waals surface area contributed by atoms with Gasteiger partial charge in [0.2, 0.25) is 0 Å². The van der Waals surface area contributed by atoms with Crippen LogP contribution < -0.4 is 10.6 Å². The van der Waals surface area contributed by atoms with E-state index >= 15 is 0 Å². The van der Waals surface area contributed by atoms with Gasteiger partial charge in [-0.05, 0) is 57.0 Å². The molecule has 1 unspecified atom stereocenters. The van der Waals surface area contributed by atoms with Crippen molar-refractivity contribution in [1.29, 1.82) is 0 Å².